The molecule has 0 spiro atoms. The van der Waals surface area contributed by atoms with Gasteiger partial charge in [0.2, 0.25) is 0 Å². The molecular formula is C16H27N3O2. The molecule has 0 aliphatic heterocycles. The first kappa shape index (κ1) is 15.9. The molecule has 5 nitrogen and oxygen atoms in total. The molecule has 1 saturated carbocycles. The van der Waals surface area contributed by atoms with Gasteiger partial charge >= 0.3 is 0 Å². The maximum Gasteiger partial charge on any atom is 0.191 e. The van der Waals surface area contributed by atoms with E-state index >= 15 is 0 Å². The number of nitrogens with one attached hydrogen (secondary N) is 2. The molecule has 1 aliphatic rings. The molecule has 0 aromatic carbocycles. The fourth-order valence-electron chi connectivity index (χ4n) is 2.33. The maximum atomic E-state index is 5.33. The topological polar surface area (TPSA) is 58.8 Å². The van der Waals surface area contributed by atoms with Crippen LogP contribution in [0.25, 0.3) is 0 Å². The minimum atomic E-state index is 0.388. The molecule has 0 bridgehead atoms. The third-order valence-electron chi connectivity index (χ3n) is 3.95. The zero-order chi connectivity index (χ0) is 15.0. The first-order valence-electron chi connectivity index (χ1n) is 7.81. The summed E-state index contributed by atoms with van der Waals surface area (Å²) in [7, 11) is 1.76. The normalized spacial score (nSPS) is 16.8. The van der Waals surface area contributed by atoms with Crippen LogP contribution < -0.4 is 10.6 Å². The number of rotatable bonds is 9. The lowest BCUT2D eigenvalue weighted by Gasteiger charge is -2.15. The number of furan rings is 1. The van der Waals surface area contributed by atoms with Gasteiger partial charge in [-0.25, -0.2) is 0 Å². The summed E-state index contributed by atoms with van der Waals surface area (Å²) in [4.78, 5) is 4.73. The van der Waals surface area contributed by atoms with E-state index in [1.54, 1.807) is 13.4 Å². The molecule has 1 aromatic rings. The molecule has 0 atom stereocenters. The first-order chi connectivity index (χ1) is 10.3. The largest absolute Gasteiger partial charge is 0.469 e. The van der Waals surface area contributed by atoms with E-state index in [4.69, 9.17) is 14.1 Å². The zero-order valence-corrected chi connectivity index (χ0v) is 13.2. The van der Waals surface area contributed by atoms with Gasteiger partial charge in [-0.3, -0.25) is 4.99 Å². The Morgan fingerprint density at radius 1 is 1.43 bits per heavy atom. The average molecular weight is 293 g/mol. The quantitative estimate of drug-likeness (QED) is 0.541. The van der Waals surface area contributed by atoms with E-state index in [2.05, 4.69) is 17.6 Å². The second-order valence-electron chi connectivity index (χ2n) is 5.69. The molecule has 0 saturated heterocycles. The molecular weight excluding hydrogens is 266 g/mol. The van der Waals surface area contributed by atoms with E-state index in [0.29, 0.717) is 5.41 Å². The lowest BCUT2D eigenvalue weighted by Crippen LogP contribution is -2.38. The van der Waals surface area contributed by atoms with E-state index in [-0.39, 0.29) is 0 Å². The van der Waals surface area contributed by atoms with Crippen LogP contribution in [-0.2, 0) is 11.2 Å². The van der Waals surface area contributed by atoms with E-state index in [0.717, 1.165) is 50.8 Å². The van der Waals surface area contributed by atoms with Gasteiger partial charge in [0, 0.05) is 39.8 Å². The molecule has 1 aromatic heterocycles. The monoisotopic (exact) mass is 293 g/mol. The van der Waals surface area contributed by atoms with Gasteiger partial charge in [-0.1, -0.05) is 0 Å². The van der Waals surface area contributed by atoms with Gasteiger partial charge in [0.25, 0.3) is 0 Å². The summed E-state index contributed by atoms with van der Waals surface area (Å²) in [6.45, 7) is 5.49. The van der Waals surface area contributed by atoms with Gasteiger partial charge in [-0.15, -0.1) is 0 Å². The SMILES string of the molecule is CCNC(=NCC1(CCOC)CC1)NCCc1ccco1. The van der Waals surface area contributed by atoms with Crippen LogP contribution in [-0.4, -0.2) is 39.3 Å². The molecule has 0 amide bonds. The Labute approximate surface area is 127 Å². The number of guanidine groups is 1. The fraction of sp³-hybridized carbons (Fsp3) is 0.688. The summed E-state index contributed by atoms with van der Waals surface area (Å²) < 4.78 is 10.5. The highest BCUT2D eigenvalue weighted by atomic mass is 16.5. The Kier molecular flexibility index (Phi) is 6.11. The highest BCUT2D eigenvalue weighted by Crippen LogP contribution is 2.48. The fourth-order valence-corrected chi connectivity index (χ4v) is 2.33. The van der Waals surface area contributed by atoms with E-state index in [1.165, 1.54) is 12.8 Å². The lowest BCUT2D eigenvalue weighted by atomic mass is 10.0. The number of aliphatic imine (C=N–C) groups is 1. The van der Waals surface area contributed by atoms with Gasteiger partial charge in [0.15, 0.2) is 5.96 Å². The van der Waals surface area contributed by atoms with E-state index in [1.807, 2.05) is 12.1 Å². The van der Waals surface area contributed by atoms with Crippen LogP contribution in [0, 0.1) is 5.41 Å². The second kappa shape index (κ2) is 8.08. The summed E-state index contributed by atoms with van der Waals surface area (Å²) in [6.07, 6.45) is 6.23. The Bertz CT molecular complexity index is 425. The maximum absolute atomic E-state index is 5.33. The van der Waals surface area contributed by atoms with E-state index < -0.39 is 0 Å². The second-order valence-corrected chi connectivity index (χ2v) is 5.69. The van der Waals surface area contributed by atoms with Crippen molar-refractivity contribution in [2.24, 2.45) is 10.4 Å². The van der Waals surface area contributed by atoms with Gasteiger partial charge in [0.05, 0.1) is 6.26 Å². The van der Waals surface area contributed by atoms with E-state index in [9.17, 15) is 0 Å². The molecule has 21 heavy (non-hydrogen) atoms. The van der Waals surface area contributed by atoms with Gasteiger partial charge in [0.1, 0.15) is 5.76 Å². The van der Waals surface area contributed by atoms with Crippen molar-refractivity contribution in [2.45, 2.75) is 32.6 Å². The molecule has 0 unspecified atom stereocenters. The summed E-state index contributed by atoms with van der Waals surface area (Å²) in [6, 6.07) is 3.91. The number of hydrogen-bond donors (Lipinski definition) is 2. The highest BCUT2D eigenvalue weighted by Gasteiger charge is 2.41. The number of hydrogen-bond acceptors (Lipinski definition) is 3. The van der Waals surface area contributed by atoms with Crippen LogP contribution in [0.5, 0.6) is 0 Å². The predicted octanol–water partition coefficient (Wildman–Crippen LogP) is 2.19. The lowest BCUT2D eigenvalue weighted by molar-refractivity contribution is 0.174. The van der Waals surface area contributed by atoms with Crippen molar-refractivity contribution in [3.05, 3.63) is 24.2 Å². The summed E-state index contributed by atoms with van der Waals surface area (Å²) in [5, 5.41) is 6.66. The first-order valence-corrected chi connectivity index (χ1v) is 7.81. The Balaban J connectivity index is 1.76. The van der Waals surface area contributed by atoms with Crippen molar-refractivity contribution < 1.29 is 9.15 Å². The van der Waals surface area contributed by atoms with Crippen molar-refractivity contribution in [3.63, 3.8) is 0 Å². The van der Waals surface area contributed by atoms with Crippen molar-refractivity contribution in [2.75, 3.05) is 33.4 Å². The molecule has 2 rings (SSSR count). The Hall–Kier alpha value is -1.49. The van der Waals surface area contributed by atoms with Crippen molar-refractivity contribution in [1.82, 2.24) is 10.6 Å². The Morgan fingerprint density at radius 2 is 2.29 bits per heavy atom. The molecule has 1 aliphatic carbocycles. The van der Waals surface area contributed by atoms with Gasteiger partial charge < -0.3 is 19.8 Å². The van der Waals surface area contributed by atoms with Crippen molar-refractivity contribution in [1.29, 1.82) is 0 Å². The van der Waals surface area contributed by atoms with Crippen molar-refractivity contribution >= 4 is 5.96 Å². The number of ether oxygens (including phenoxy) is 1. The van der Waals surface area contributed by atoms with Crippen LogP contribution in [0.3, 0.4) is 0 Å². The molecule has 2 N–H and O–H groups in total. The predicted molar refractivity (Wildman–Crippen MR) is 84.6 cm³/mol. The highest BCUT2D eigenvalue weighted by molar-refractivity contribution is 5.79. The average Bonchev–Trinajstić information content (AvgIpc) is 3.07. The summed E-state index contributed by atoms with van der Waals surface area (Å²) in [5.74, 6) is 1.89. The molecule has 1 fully saturated rings. The minimum Gasteiger partial charge on any atom is -0.469 e. The van der Waals surface area contributed by atoms with Crippen molar-refractivity contribution in [3.8, 4) is 0 Å². The summed E-state index contributed by atoms with van der Waals surface area (Å²) >= 11 is 0. The Morgan fingerprint density at radius 3 is 2.90 bits per heavy atom. The number of nitrogens with zero attached hydrogens (tertiary/aromatic N) is 1. The minimum absolute atomic E-state index is 0.388. The van der Waals surface area contributed by atoms with Gasteiger partial charge in [-0.2, -0.15) is 0 Å². The molecule has 118 valence electrons. The van der Waals surface area contributed by atoms with Crippen LogP contribution in [0.4, 0.5) is 0 Å². The van der Waals surface area contributed by atoms with Crippen LogP contribution in [0.2, 0.25) is 0 Å². The van der Waals surface area contributed by atoms with Gasteiger partial charge in [-0.05, 0) is 43.7 Å². The summed E-state index contributed by atoms with van der Waals surface area (Å²) in [5.41, 5.74) is 0.388. The van der Waals surface area contributed by atoms with Crippen LogP contribution >= 0.6 is 0 Å². The van der Waals surface area contributed by atoms with Crippen LogP contribution in [0.1, 0.15) is 31.9 Å². The molecule has 5 heteroatoms. The third-order valence-corrected chi connectivity index (χ3v) is 3.95. The standard InChI is InChI=1S/C16H27N3O2/c1-3-17-15(18-10-6-14-5-4-11-21-14)19-13-16(7-8-16)9-12-20-2/h4-5,11H,3,6-10,12-13H2,1-2H3,(H2,17,18,19). The zero-order valence-electron chi connectivity index (χ0n) is 13.2. The molecule has 0 radical (unpaired) electrons. The third kappa shape index (κ3) is 5.42. The number of methoxy groups -OCH3 is 1. The smallest absolute Gasteiger partial charge is 0.191 e. The molecule has 1 heterocycles. The van der Waals surface area contributed by atoms with Crippen LogP contribution in [0.15, 0.2) is 27.8 Å².